The largest absolute Gasteiger partial charge is 0.397 e. The van der Waals surface area contributed by atoms with Crippen LogP contribution < -0.4 is 11.5 Å². The molecule has 0 saturated heterocycles. The fraction of sp³-hybridized carbons (Fsp3) is 0. The van der Waals surface area contributed by atoms with Gasteiger partial charge in [0.1, 0.15) is 0 Å². The fourth-order valence-electron chi connectivity index (χ4n) is 1.26. The number of rotatable bonds is 0. The Labute approximate surface area is 80.3 Å². The lowest BCUT2D eigenvalue weighted by Crippen LogP contribution is -1.94. The van der Waals surface area contributed by atoms with Crippen LogP contribution in [0.4, 0.5) is 11.4 Å². The predicted molar refractivity (Wildman–Crippen MR) is 55.6 cm³/mol. The van der Waals surface area contributed by atoms with Crippen LogP contribution in [0.3, 0.4) is 0 Å². The molecule has 1 aromatic carbocycles. The second-order valence-corrected chi connectivity index (χ2v) is 3.17. The molecular formula is C9H8ClN3. The molecule has 66 valence electrons. The summed E-state index contributed by atoms with van der Waals surface area (Å²) in [5, 5.41) is 1.27. The number of anilines is 2. The first-order valence-electron chi connectivity index (χ1n) is 3.78. The first-order chi connectivity index (χ1) is 6.20. The van der Waals surface area contributed by atoms with Gasteiger partial charge in [0.15, 0.2) is 0 Å². The number of hydrogen-bond donors (Lipinski definition) is 2. The van der Waals surface area contributed by atoms with Gasteiger partial charge in [0.2, 0.25) is 0 Å². The van der Waals surface area contributed by atoms with E-state index >= 15 is 0 Å². The minimum absolute atomic E-state index is 0.470. The van der Waals surface area contributed by atoms with Crippen molar-refractivity contribution in [2.75, 3.05) is 11.5 Å². The van der Waals surface area contributed by atoms with E-state index in [1.165, 1.54) is 0 Å². The third kappa shape index (κ3) is 1.17. The highest BCUT2D eigenvalue weighted by molar-refractivity contribution is 6.35. The van der Waals surface area contributed by atoms with E-state index in [9.17, 15) is 0 Å². The Hall–Kier alpha value is -1.48. The highest BCUT2D eigenvalue weighted by atomic mass is 35.5. The third-order valence-corrected chi connectivity index (χ3v) is 2.22. The standard InChI is InChI=1S/C9H8ClN3/c10-6-4-7(11)9-5(8(6)12)2-1-3-13-9/h1-4H,11-12H2. The molecule has 0 aliphatic rings. The molecule has 2 aromatic rings. The van der Waals surface area contributed by atoms with Crippen molar-refractivity contribution in [3.05, 3.63) is 29.4 Å². The summed E-state index contributed by atoms with van der Waals surface area (Å²) in [6, 6.07) is 5.26. The van der Waals surface area contributed by atoms with Crippen LogP contribution >= 0.6 is 11.6 Å². The van der Waals surface area contributed by atoms with Crippen LogP contribution in [-0.2, 0) is 0 Å². The van der Waals surface area contributed by atoms with Crippen LogP contribution in [0.1, 0.15) is 0 Å². The lowest BCUT2D eigenvalue weighted by molar-refractivity contribution is 1.41. The Morgan fingerprint density at radius 2 is 2.08 bits per heavy atom. The molecule has 0 saturated carbocycles. The Bertz CT molecular complexity index is 468. The highest BCUT2D eigenvalue weighted by Gasteiger charge is 2.06. The second kappa shape index (κ2) is 2.78. The van der Waals surface area contributed by atoms with Gasteiger partial charge < -0.3 is 11.5 Å². The average Bonchev–Trinajstić information content (AvgIpc) is 2.15. The van der Waals surface area contributed by atoms with Crippen molar-refractivity contribution in [3.8, 4) is 0 Å². The van der Waals surface area contributed by atoms with Crippen molar-refractivity contribution < 1.29 is 0 Å². The van der Waals surface area contributed by atoms with E-state index in [4.69, 9.17) is 23.1 Å². The summed E-state index contributed by atoms with van der Waals surface area (Å²) in [6.07, 6.45) is 1.67. The molecule has 0 amide bonds. The topological polar surface area (TPSA) is 64.9 Å². The summed E-state index contributed by atoms with van der Waals surface area (Å²) in [5.41, 5.74) is 13.3. The van der Waals surface area contributed by atoms with Crippen molar-refractivity contribution in [1.82, 2.24) is 4.98 Å². The summed E-state index contributed by atoms with van der Waals surface area (Å²) in [7, 11) is 0. The molecule has 1 heterocycles. The minimum atomic E-state index is 0.470. The number of halogens is 1. The van der Waals surface area contributed by atoms with Gasteiger partial charge in [-0.05, 0) is 18.2 Å². The maximum absolute atomic E-state index is 5.86. The molecular weight excluding hydrogens is 186 g/mol. The van der Waals surface area contributed by atoms with E-state index in [-0.39, 0.29) is 0 Å². The Morgan fingerprint density at radius 3 is 2.85 bits per heavy atom. The lowest BCUT2D eigenvalue weighted by atomic mass is 10.1. The van der Waals surface area contributed by atoms with Gasteiger partial charge in [-0.2, -0.15) is 0 Å². The van der Waals surface area contributed by atoms with Gasteiger partial charge in [0.05, 0.1) is 21.9 Å². The van der Waals surface area contributed by atoms with E-state index in [2.05, 4.69) is 4.98 Å². The summed E-state index contributed by atoms with van der Waals surface area (Å²) in [5.74, 6) is 0. The molecule has 0 fully saturated rings. The third-order valence-electron chi connectivity index (χ3n) is 1.91. The smallest absolute Gasteiger partial charge is 0.0952 e. The van der Waals surface area contributed by atoms with E-state index in [1.54, 1.807) is 18.3 Å². The van der Waals surface area contributed by atoms with E-state index in [0.717, 1.165) is 5.39 Å². The van der Waals surface area contributed by atoms with Gasteiger partial charge in [-0.1, -0.05) is 11.6 Å². The first kappa shape index (κ1) is 8.13. The van der Waals surface area contributed by atoms with Crippen LogP contribution in [0.15, 0.2) is 24.4 Å². The molecule has 13 heavy (non-hydrogen) atoms. The van der Waals surface area contributed by atoms with Gasteiger partial charge >= 0.3 is 0 Å². The van der Waals surface area contributed by atoms with Crippen molar-refractivity contribution in [2.45, 2.75) is 0 Å². The molecule has 0 bridgehead atoms. The molecule has 1 aromatic heterocycles. The number of nitrogen functional groups attached to an aromatic ring is 2. The van der Waals surface area contributed by atoms with Gasteiger partial charge in [0.25, 0.3) is 0 Å². The van der Waals surface area contributed by atoms with Crippen molar-refractivity contribution in [2.24, 2.45) is 0 Å². The SMILES string of the molecule is Nc1c(Cl)cc(N)c2ncccc12. The van der Waals surface area contributed by atoms with Crippen LogP contribution in [-0.4, -0.2) is 4.98 Å². The zero-order valence-corrected chi connectivity index (χ0v) is 7.55. The highest BCUT2D eigenvalue weighted by Crippen LogP contribution is 2.31. The van der Waals surface area contributed by atoms with Crippen molar-refractivity contribution in [1.29, 1.82) is 0 Å². The molecule has 4 heteroatoms. The Morgan fingerprint density at radius 1 is 1.31 bits per heavy atom. The second-order valence-electron chi connectivity index (χ2n) is 2.76. The van der Waals surface area contributed by atoms with Gasteiger partial charge in [-0.15, -0.1) is 0 Å². The molecule has 0 unspecified atom stereocenters. The molecule has 0 aliphatic carbocycles. The lowest BCUT2D eigenvalue weighted by Gasteiger charge is -2.05. The molecule has 0 aliphatic heterocycles. The number of fused-ring (bicyclic) bond motifs is 1. The van der Waals surface area contributed by atoms with Gasteiger partial charge in [-0.3, -0.25) is 4.98 Å². The van der Waals surface area contributed by atoms with E-state index < -0.39 is 0 Å². The summed E-state index contributed by atoms with van der Waals surface area (Å²) in [6.45, 7) is 0. The quantitative estimate of drug-likeness (QED) is 0.630. The number of aromatic nitrogens is 1. The fourth-order valence-corrected chi connectivity index (χ4v) is 1.48. The number of nitrogens with zero attached hydrogens (tertiary/aromatic N) is 1. The average molecular weight is 194 g/mol. The summed E-state index contributed by atoms with van der Waals surface area (Å²) < 4.78 is 0. The van der Waals surface area contributed by atoms with Crippen LogP contribution in [0, 0.1) is 0 Å². The Kier molecular flexibility index (Phi) is 1.74. The molecule has 0 radical (unpaired) electrons. The summed E-state index contributed by atoms with van der Waals surface area (Å²) in [4.78, 5) is 4.12. The minimum Gasteiger partial charge on any atom is -0.397 e. The number of benzene rings is 1. The maximum Gasteiger partial charge on any atom is 0.0952 e. The molecule has 4 N–H and O–H groups in total. The van der Waals surface area contributed by atoms with Crippen LogP contribution in [0.25, 0.3) is 10.9 Å². The zero-order chi connectivity index (χ0) is 9.42. The summed E-state index contributed by atoms with van der Waals surface area (Å²) >= 11 is 5.86. The normalized spacial score (nSPS) is 10.5. The monoisotopic (exact) mass is 193 g/mol. The molecule has 0 spiro atoms. The number of hydrogen-bond acceptors (Lipinski definition) is 3. The molecule has 2 rings (SSSR count). The van der Waals surface area contributed by atoms with Gasteiger partial charge in [0, 0.05) is 11.6 Å². The number of nitrogens with two attached hydrogens (primary N) is 2. The maximum atomic E-state index is 5.86. The Balaban J connectivity index is 2.97. The van der Waals surface area contributed by atoms with Crippen LogP contribution in [0.2, 0.25) is 5.02 Å². The predicted octanol–water partition coefficient (Wildman–Crippen LogP) is 2.05. The van der Waals surface area contributed by atoms with Crippen LogP contribution in [0.5, 0.6) is 0 Å². The van der Waals surface area contributed by atoms with E-state index in [0.29, 0.717) is 21.9 Å². The zero-order valence-electron chi connectivity index (χ0n) is 6.79. The molecule has 3 nitrogen and oxygen atoms in total. The number of pyridine rings is 1. The van der Waals surface area contributed by atoms with Gasteiger partial charge in [-0.25, -0.2) is 0 Å². The molecule has 0 atom stereocenters. The first-order valence-corrected chi connectivity index (χ1v) is 4.16. The van der Waals surface area contributed by atoms with Crippen molar-refractivity contribution >= 4 is 33.9 Å². The van der Waals surface area contributed by atoms with E-state index in [1.807, 2.05) is 6.07 Å². The van der Waals surface area contributed by atoms with Crippen molar-refractivity contribution in [3.63, 3.8) is 0 Å².